The van der Waals surface area contributed by atoms with Gasteiger partial charge in [0.05, 0.1) is 16.8 Å². The second kappa shape index (κ2) is 12.0. The van der Waals surface area contributed by atoms with E-state index in [-0.39, 0.29) is 5.41 Å². The van der Waals surface area contributed by atoms with Crippen molar-refractivity contribution in [2.45, 2.75) is 24.7 Å². The first-order chi connectivity index (χ1) is 29.5. The molecule has 0 saturated heterocycles. The Labute approximate surface area is 347 Å². The van der Waals surface area contributed by atoms with Crippen molar-refractivity contribution in [1.82, 2.24) is 9.97 Å². The van der Waals surface area contributed by atoms with Crippen molar-refractivity contribution in [1.29, 1.82) is 0 Å². The van der Waals surface area contributed by atoms with Crippen LogP contribution in [0.2, 0.25) is 0 Å². The maximum Gasteiger partial charge on any atom is 0.160 e. The zero-order valence-electron chi connectivity index (χ0n) is 33.0. The van der Waals surface area contributed by atoms with Gasteiger partial charge in [0, 0.05) is 44.0 Å². The lowest BCUT2D eigenvalue weighted by Gasteiger charge is -2.39. The van der Waals surface area contributed by atoms with E-state index < -0.39 is 5.41 Å². The van der Waals surface area contributed by atoms with Gasteiger partial charge in [0.15, 0.2) is 5.82 Å². The van der Waals surface area contributed by atoms with E-state index in [4.69, 9.17) is 19.1 Å². The van der Waals surface area contributed by atoms with Crippen molar-refractivity contribution in [2.24, 2.45) is 0 Å². The molecule has 13 rings (SSSR count). The summed E-state index contributed by atoms with van der Waals surface area (Å²) >= 11 is 0. The summed E-state index contributed by atoms with van der Waals surface area (Å²) in [6.07, 6.45) is 0. The molecule has 10 aromatic rings. The number of aromatic nitrogens is 2. The topological polar surface area (TPSA) is 48.2 Å². The fourth-order valence-electron chi connectivity index (χ4n) is 10.8. The van der Waals surface area contributed by atoms with Crippen LogP contribution in [0.3, 0.4) is 0 Å². The van der Waals surface area contributed by atoms with Crippen molar-refractivity contribution >= 4 is 21.9 Å². The molecule has 0 radical (unpaired) electrons. The number of rotatable bonds is 3. The Bertz CT molecular complexity index is 3420. The largest absolute Gasteiger partial charge is 0.457 e. The van der Waals surface area contributed by atoms with Crippen molar-refractivity contribution in [3.63, 3.8) is 0 Å². The standard InChI is InChI=1S/C56H36N2O2/c1-55(2)41-21-6-4-17-38(41)52-39(19-14-25-45(52)55)47-32-48(40-20-13-18-37-36-16-5-10-26-49(36)60-53(37)40)58-54(57-47)33-29-30-35-34-15-3-7-22-42(34)56(46(35)31-33)43-23-8-11-27-50(43)59-51-28-12-9-24-44(51)56/h3-32H,1-2H3. The number of furan rings is 1. The predicted octanol–water partition coefficient (Wildman–Crippen LogP) is 14.2. The monoisotopic (exact) mass is 768 g/mol. The highest BCUT2D eigenvalue weighted by molar-refractivity contribution is 6.09. The maximum atomic E-state index is 6.64. The van der Waals surface area contributed by atoms with E-state index in [1.54, 1.807) is 0 Å². The van der Waals surface area contributed by atoms with Crippen LogP contribution >= 0.6 is 0 Å². The summed E-state index contributed by atoms with van der Waals surface area (Å²) in [5.41, 5.74) is 17.8. The average Bonchev–Trinajstić information content (AvgIpc) is 3.90. The van der Waals surface area contributed by atoms with Crippen molar-refractivity contribution in [2.75, 3.05) is 0 Å². The Balaban J connectivity index is 1.10. The van der Waals surface area contributed by atoms with Crippen LogP contribution in [0.1, 0.15) is 47.2 Å². The molecule has 0 N–H and O–H groups in total. The van der Waals surface area contributed by atoms with Gasteiger partial charge in [-0.25, -0.2) is 9.97 Å². The molecule has 3 heterocycles. The third kappa shape index (κ3) is 4.35. The van der Waals surface area contributed by atoms with Gasteiger partial charge in [0.2, 0.25) is 0 Å². The smallest absolute Gasteiger partial charge is 0.160 e. The second-order valence-electron chi connectivity index (χ2n) is 16.8. The number of para-hydroxylation sites is 4. The molecule has 4 nitrogen and oxygen atoms in total. The van der Waals surface area contributed by atoms with Crippen LogP contribution in [0.5, 0.6) is 11.5 Å². The maximum absolute atomic E-state index is 6.64. The molecular weight excluding hydrogens is 733 g/mol. The molecule has 1 spiro atoms. The minimum atomic E-state index is -0.608. The normalized spacial score (nSPS) is 14.6. The Hall–Kier alpha value is -7.56. The van der Waals surface area contributed by atoms with E-state index in [1.807, 2.05) is 12.1 Å². The number of nitrogens with zero attached hydrogens (tertiary/aromatic N) is 2. The van der Waals surface area contributed by atoms with E-state index in [9.17, 15) is 0 Å². The zero-order chi connectivity index (χ0) is 39.7. The molecule has 2 aromatic heterocycles. The Kier molecular flexibility index (Phi) is 6.68. The lowest BCUT2D eigenvalue weighted by molar-refractivity contribution is 0.436. The predicted molar refractivity (Wildman–Crippen MR) is 241 cm³/mol. The number of hydrogen-bond donors (Lipinski definition) is 0. The van der Waals surface area contributed by atoms with Crippen LogP contribution in [0.15, 0.2) is 186 Å². The molecule has 0 atom stereocenters. The third-order valence-corrected chi connectivity index (χ3v) is 13.4. The number of fused-ring (bicyclic) bond motifs is 15. The molecule has 0 bridgehead atoms. The van der Waals surface area contributed by atoms with E-state index in [2.05, 4.69) is 184 Å². The third-order valence-electron chi connectivity index (χ3n) is 13.4. The lowest BCUT2D eigenvalue weighted by Crippen LogP contribution is -2.32. The highest BCUT2D eigenvalue weighted by Gasteiger charge is 2.51. The van der Waals surface area contributed by atoms with Crippen molar-refractivity contribution in [3.05, 3.63) is 215 Å². The van der Waals surface area contributed by atoms with Crippen LogP contribution in [0, 0.1) is 0 Å². The summed E-state index contributed by atoms with van der Waals surface area (Å²) in [5.74, 6) is 2.39. The molecule has 0 fully saturated rings. The fourth-order valence-corrected chi connectivity index (χ4v) is 10.8. The molecule has 1 aliphatic heterocycles. The number of benzene rings is 8. The lowest BCUT2D eigenvalue weighted by atomic mass is 9.66. The van der Waals surface area contributed by atoms with Crippen LogP contribution < -0.4 is 4.74 Å². The van der Waals surface area contributed by atoms with Gasteiger partial charge in [-0.15, -0.1) is 0 Å². The number of ether oxygens (including phenoxy) is 1. The van der Waals surface area contributed by atoms with E-state index >= 15 is 0 Å². The van der Waals surface area contributed by atoms with Gasteiger partial charge in [-0.05, 0) is 80.9 Å². The van der Waals surface area contributed by atoms with Gasteiger partial charge >= 0.3 is 0 Å². The molecule has 0 unspecified atom stereocenters. The molecule has 282 valence electrons. The van der Waals surface area contributed by atoms with Gasteiger partial charge in [-0.1, -0.05) is 159 Å². The molecule has 60 heavy (non-hydrogen) atoms. The molecule has 8 aromatic carbocycles. The molecular formula is C56H36N2O2. The Morgan fingerprint density at radius 2 is 0.983 bits per heavy atom. The molecule has 0 amide bonds. The summed E-state index contributed by atoms with van der Waals surface area (Å²) in [5, 5.41) is 2.15. The van der Waals surface area contributed by atoms with E-state index in [1.165, 1.54) is 44.5 Å². The first kappa shape index (κ1) is 33.4. The van der Waals surface area contributed by atoms with Gasteiger partial charge < -0.3 is 9.15 Å². The Morgan fingerprint density at radius 1 is 0.417 bits per heavy atom. The quantitative estimate of drug-likeness (QED) is 0.180. The van der Waals surface area contributed by atoms with Crippen LogP contribution in [0.4, 0.5) is 0 Å². The van der Waals surface area contributed by atoms with Gasteiger partial charge in [0.25, 0.3) is 0 Å². The molecule has 0 saturated carbocycles. The van der Waals surface area contributed by atoms with Gasteiger partial charge in [-0.3, -0.25) is 0 Å². The van der Waals surface area contributed by atoms with E-state index in [0.29, 0.717) is 5.82 Å². The molecule has 3 aliphatic rings. The summed E-state index contributed by atoms with van der Waals surface area (Å²) < 4.78 is 13.3. The first-order valence-corrected chi connectivity index (χ1v) is 20.7. The van der Waals surface area contributed by atoms with Gasteiger partial charge in [-0.2, -0.15) is 0 Å². The minimum Gasteiger partial charge on any atom is -0.457 e. The molecule has 2 aliphatic carbocycles. The second-order valence-corrected chi connectivity index (χ2v) is 16.8. The fraction of sp³-hybridized carbons (Fsp3) is 0.0714. The highest BCUT2D eigenvalue weighted by atomic mass is 16.5. The van der Waals surface area contributed by atoms with Crippen LogP contribution in [-0.2, 0) is 10.8 Å². The summed E-state index contributed by atoms with van der Waals surface area (Å²) in [4.78, 5) is 11.0. The highest BCUT2D eigenvalue weighted by Crippen LogP contribution is 2.62. The summed E-state index contributed by atoms with van der Waals surface area (Å²) in [7, 11) is 0. The van der Waals surface area contributed by atoms with Crippen LogP contribution in [0.25, 0.3) is 78.1 Å². The Morgan fingerprint density at radius 3 is 1.78 bits per heavy atom. The SMILES string of the molecule is CC1(C)c2ccccc2-c2c(-c3cc(-c4cccc5c4oc4ccccc45)nc(-c4ccc5c(c4)C4(c6ccccc6Oc6ccccc64)c4ccccc4-5)n3)cccc21. The first-order valence-electron chi connectivity index (χ1n) is 20.7. The summed E-state index contributed by atoms with van der Waals surface area (Å²) in [6.45, 7) is 4.65. The average molecular weight is 769 g/mol. The van der Waals surface area contributed by atoms with Crippen LogP contribution in [-0.4, -0.2) is 9.97 Å². The minimum absolute atomic E-state index is 0.153. The summed E-state index contributed by atoms with van der Waals surface area (Å²) in [6, 6.07) is 64.9. The van der Waals surface area contributed by atoms with Gasteiger partial charge in [0.1, 0.15) is 22.7 Å². The molecule has 4 heteroatoms. The van der Waals surface area contributed by atoms with Crippen molar-refractivity contribution < 1.29 is 9.15 Å². The zero-order valence-corrected chi connectivity index (χ0v) is 33.0. The van der Waals surface area contributed by atoms with Crippen molar-refractivity contribution in [3.8, 4) is 67.7 Å². The van der Waals surface area contributed by atoms with E-state index in [0.717, 1.165) is 72.6 Å². The number of hydrogen-bond acceptors (Lipinski definition) is 4.